The molecule has 3 atom stereocenters. The molecule has 3 rings (SSSR count). The monoisotopic (exact) mass is 300 g/mol. The van der Waals surface area contributed by atoms with Crippen LogP contribution < -0.4 is 0 Å². The summed E-state index contributed by atoms with van der Waals surface area (Å²) in [7, 11) is 0. The molecule has 2 aromatic carbocycles. The Morgan fingerprint density at radius 1 is 0.857 bits per heavy atom. The molecular weight excluding hydrogens is 280 g/mol. The maximum atomic E-state index is 11.5. The zero-order valence-electron chi connectivity index (χ0n) is 12.7. The van der Waals surface area contributed by atoms with E-state index >= 15 is 0 Å². The highest BCUT2D eigenvalue weighted by molar-refractivity contribution is 6.23. The van der Waals surface area contributed by atoms with Crippen LogP contribution in [0.15, 0.2) is 48.5 Å². The summed E-state index contributed by atoms with van der Waals surface area (Å²) < 4.78 is 0. The van der Waals surface area contributed by atoms with Crippen LogP contribution in [-0.2, 0) is 5.60 Å². The van der Waals surface area contributed by atoms with Crippen molar-refractivity contribution in [3.63, 3.8) is 0 Å². The van der Waals surface area contributed by atoms with E-state index in [-0.39, 0.29) is 11.3 Å². The van der Waals surface area contributed by atoms with E-state index < -0.39 is 5.60 Å². The molecule has 1 nitrogen and oxygen atoms in total. The maximum Gasteiger partial charge on any atom is 0.119 e. The molecule has 0 saturated heterocycles. The van der Waals surface area contributed by atoms with E-state index in [0.29, 0.717) is 5.92 Å². The number of hydrogen-bond acceptors (Lipinski definition) is 1. The van der Waals surface area contributed by atoms with Crippen LogP contribution in [0.3, 0.4) is 0 Å². The first-order valence-electron chi connectivity index (χ1n) is 7.45. The van der Waals surface area contributed by atoms with Gasteiger partial charge < -0.3 is 5.11 Å². The fourth-order valence-corrected chi connectivity index (χ4v) is 3.68. The van der Waals surface area contributed by atoms with E-state index in [1.54, 1.807) is 0 Å². The Labute approximate surface area is 131 Å². The molecule has 0 amide bonds. The van der Waals surface area contributed by atoms with Crippen molar-refractivity contribution >= 4 is 11.6 Å². The molecule has 0 radical (unpaired) electrons. The highest BCUT2D eigenvalue weighted by atomic mass is 35.5. The molecule has 0 aromatic heterocycles. The Kier molecular flexibility index (Phi) is 3.59. The van der Waals surface area contributed by atoms with Crippen molar-refractivity contribution in [2.75, 3.05) is 0 Å². The Bertz CT molecular complexity index is 576. The third-order valence-corrected chi connectivity index (χ3v) is 5.41. The minimum absolute atomic E-state index is 0.0256. The van der Waals surface area contributed by atoms with E-state index in [2.05, 4.69) is 20.8 Å². The van der Waals surface area contributed by atoms with Gasteiger partial charge in [0.05, 0.1) is 0 Å². The smallest absolute Gasteiger partial charge is 0.119 e. The van der Waals surface area contributed by atoms with E-state index in [9.17, 15) is 5.11 Å². The zero-order chi connectivity index (χ0) is 15.2. The van der Waals surface area contributed by atoms with Crippen LogP contribution in [0, 0.1) is 25.7 Å². The Balaban J connectivity index is 2.11. The average Bonchev–Trinajstić information content (AvgIpc) is 3.07. The van der Waals surface area contributed by atoms with Crippen LogP contribution in [0.5, 0.6) is 0 Å². The largest absolute Gasteiger partial charge is 0.380 e. The van der Waals surface area contributed by atoms with Gasteiger partial charge in [0.1, 0.15) is 5.60 Å². The van der Waals surface area contributed by atoms with Gasteiger partial charge in [0.2, 0.25) is 0 Å². The molecule has 0 spiro atoms. The van der Waals surface area contributed by atoms with Crippen molar-refractivity contribution in [1.82, 2.24) is 0 Å². The number of benzene rings is 2. The van der Waals surface area contributed by atoms with Gasteiger partial charge in [-0.3, -0.25) is 0 Å². The normalized spacial score (nSPS) is 24.9. The summed E-state index contributed by atoms with van der Waals surface area (Å²) in [4.78, 5) is 0. The van der Waals surface area contributed by atoms with Crippen LogP contribution >= 0.6 is 11.6 Å². The summed E-state index contributed by atoms with van der Waals surface area (Å²) in [6, 6.07) is 16.3. The van der Waals surface area contributed by atoms with Gasteiger partial charge in [0, 0.05) is 11.3 Å². The number of aliphatic hydroxyl groups is 1. The van der Waals surface area contributed by atoms with Crippen molar-refractivity contribution in [2.45, 2.75) is 31.7 Å². The first-order valence-corrected chi connectivity index (χ1v) is 7.89. The molecule has 2 heteroatoms. The Hall–Kier alpha value is -1.31. The molecule has 1 saturated carbocycles. The van der Waals surface area contributed by atoms with Gasteiger partial charge in [0.25, 0.3) is 0 Å². The molecule has 21 heavy (non-hydrogen) atoms. The molecule has 0 aliphatic heterocycles. The van der Waals surface area contributed by atoms with Gasteiger partial charge in [-0.05, 0) is 30.9 Å². The standard InChI is InChI=1S/C19H21ClO/c1-12-4-8-15(9-5-12)19(21,17-14(3)18(17)20)16-10-6-13(2)7-11-16/h4-11,14,17-18,21H,1-3H3/t14-,17-,18+/m1/s1. The lowest BCUT2D eigenvalue weighted by molar-refractivity contribution is 0.0518. The van der Waals surface area contributed by atoms with Gasteiger partial charge in [0.15, 0.2) is 0 Å². The number of aryl methyl sites for hydroxylation is 2. The lowest BCUT2D eigenvalue weighted by Gasteiger charge is -2.30. The summed E-state index contributed by atoms with van der Waals surface area (Å²) in [6.45, 7) is 6.22. The molecule has 1 fully saturated rings. The molecule has 1 aliphatic carbocycles. The van der Waals surface area contributed by atoms with Crippen LogP contribution in [-0.4, -0.2) is 10.5 Å². The molecule has 110 valence electrons. The number of hydrogen-bond donors (Lipinski definition) is 1. The fraction of sp³-hybridized carbons (Fsp3) is 0.368. The van der Waals surface area contributed by atoms with Crippen molar-refractivity contribution in [2.24, 2.45) is 11.8 Å². The van der Waals surface area contributed by atoms with E-state index in [1.807, 2.05) is 48.5 Å². The first kappa shape index (κ1) is 14.6. The lowest BCUT2D eigenvalue weighted by atomic mass is 9.81. The van der Waals surface area contributed by atoms with Gasteiger partial charge in [-0.2, -0.15) is 0 Å². The van der Waals surface area contributed by atoms with Gasteiger partial charge in [-0.1, -0.05) is 66.6 Å². The third kappa shape index (κ3) is 2.39. The number of alkyl halides is 1. The van der Waals surface area contributed by atoms with Crippen molar-refractivity contribution in [1.29, 1.82) is 0 Å². The SMILES string of the molecule is Cc1ccc(C(O)(c2ccc(C)cc2)[C@@H]2[C@@H](C)[C@@H]2Cl)cc1. The van der Waals surface area contributed by atoms with Crippen molar-refractivity contribution in [3.8, 4) is 0 Å². The molecule has 2 aromatic rings. The zero-order valence-corrected chi connectivity index (χ0v) is 13.4. The second-order valence-electron chi connectivity index (χ2n) is 6.33. The Morgan fingerprint density at radius 3 is 1.48 bits per heavy atom. The van der Waals surface area contributed by atoms with E-state index in [1.165, 1.54) is 11.1 Å². The number of halogens is 1. The third-order valence-electron chi connectivity index (χ3n) is 4.74. The summed E-state index contributed by atoms with van der Waals surface area (Å²) in [6.07, 6.45) is 0. The predicted octanol–water partition coefficient (Wildman–Crippen LogP) is 4.41. The van der Waals surface area contributed by atoms with E-state index in [4.69, 9.17) is 11.6 Å². The second-order valence-corrected chi connectivity index (χ2v) is 6.83. The average molecular weight is 301 g/mol. The van der Waals surface area contributed by atoms with Crippen molar-refractivity contribution < 1.29 is 5.11 Å². The number of rotatable bonds is 3. The lowest BCUT2D eigenvalue weighted by Crippen LogP contribution is -2.31. The molecule has 0 unspecified atom stereocenters. The van der Waals surface area contributed by atoms with E-state index in [0.717, 1.165) is 11.1 Å². The summed E-state index contributed by atoms with van der Waals surface area (Å²) in [5.41, 5.74) is 3.23. The van der Waals surface area contributed by atoms with Crippen LogP contribution in [0.2, 0.25) is 0 Å². The molecular formula is C19H21ClO. The summed E-state index contributed by atoms with van der Waals surface area (Å²) in [5.74, 6) is 0.379. The van der Waals surface area contributed by atoms with Crippen LogP contribution in [0.25, 0.3) is 0 Å². The molecule has 0 bridgehead atoms. The van der Waals surface area contributed by atoms with Gasteiger partial charge in [-0.15, -0.1) is 11.6 Å². The maximum absolute atomic E-state index is 11.5. The first-order chi connectivity index (χ1) is 9.94. The van der Waals surface area contributed by atoms with Gasteiger partial charge >= 0.3 is 0 Å². The molecule has 1 N–H and O–H groups in total. The topological polar surface area (TPSA) is 20.2 Å². The minimum Gasteiger partial charge on any atom is -0.380 e. The van der Waals surface area contributed by atoms with Crippen molar-refractivity contribution in [3.05, 3.63) is 70.8 Å². The minimum atomic E-state index is -1.01. The Morgan fingerprint density at radius 2 is 1.19 bits per heavy atom. The second kappa shape index (κ2) is 5.15. The molecule has 0 heterocycles. The van der Waals surface area contributed by atoms with Crippen LogP contribution in [0.1, 0.15) is 29.2 Å². The summed E-state index contributed by atoms with van der Waals surface area (Å²) >= 11 is 6.39. The fourth-order valence-electron chi connectivity index (χ4n) is 3.19. The van der Waals surface area contributed by atoms with Crippen LogP contribution in [0.4, 0.5) is 0 Å². The molecule has 1 aliphatic rings. The summed E-state index contributed by atoms with van der Waals surface area (Å²) in [5, 5.41) is 11.6. The highest BCUT2D eigenvalue weighted by Gasteiger charge is 2.59. The van der Waals surface area contributed by atoms with Gasteiger partial charge in [-0.25, -0.2) is 0 Å². The predicted molar refractivity (Wildman–Crippen MR) is 87.7 cm³/mol. The quantitative estimate of drug-likeness (QED) is 0.832. The highest BCUT2D eigenvalue weighted by Crippen LogP contribution is 2.56.